The molecule has 0 amide bonds. The summed E-state index contributed by atoms with van der Waals surface area (Å²) in [5, 5.41) is 0. The molecule has 0 bridgehead atoms. The van der Waals surface area contributed by atoms with E-state index >= 15 is 0 Å². The van der Waals surface area contributed by atoms with Crippen molar-refractivity contribution in [3.63, 3.8) is 0 Å². The minimum absolute atomic E-state index is 0.303. The van der Waals surface area contributed by atoms with E-state index in [9.17, 15) is 0 Å². The molecule has 1 saturated heterocycles. The Kier molecular flexibility index (Phi) is 5.00. The van der Waals surface area contributed by atoms with Crippen molar-refractivity contribution in [3.05, 3.63) is 29.3 Å². The zero-order chi connectivity index (χ0) is 14.7. The first-order chi connectivity index (χ1) is 9.49. The standard InChI is InChI=1S/C16H25N3S/c1-12-5-4-6-15(14(12)3)19-9-7-18(8-10-19)11-13(2)16(17)20/h4-6,13H,7-11H2,1-3H3,(H2,17,20). The fourth-order valence-electron chi connectivity index (χ4n) is 2.73. The van der Waals surface area contributed by atoms with Crippen LogP contribution in [0.5, 0.6) is 0 Å². The maximum atomic E-state index is 5.70. The summed E-state index contributed by atoms with van der Waals surface area (Å²) in [5.41, 5.74) is 9.85. The third-order valence-corrected chi connectivity index (χ3v) is 4.71. The molecule has 1 atom stereocenters. The predicted octanol–water partition coefficient (Wildman–Crippen LogP) is 2.35. The molecule has 3 nitrogen and oxygen atoms in total. The van der Waals surface area contributed by atoms with Crippen LogP contribution < -0.4 is 10.6 Å². The molecular formula is C16H25N3S. The molecule has 1 aliphatic rings. The molecule has 2 rings (SSSR count). The zero-order valence-corrected chi connectivity index (χ0v) is 13.5. The highest BCUT2D eigenvalue weighted by molar-refractivity contribution is 7.80. The highest BCUT2D eigenvalue weighted by atomic mass is 32.1. The van der Waals surface area contributed by atoms with Gasteiger partial charge in [0.25, 0.3) is 0 Å². The van der Waals surface area contributed by atoms with Gasteiger partial charge in [-0.05, 0) is 31.0 Å². The summed E-state index contributed by atoms with van der Waals surface area (Å²) in [6.07, 6.45) is 0. The van der Waals surface area contributed by atoms with E-state index in [1.165, 1.54) is 16.8 Å². The lowest BCUT2D eigenvalue weighted by molar-refractivity contribution is 0.244. The van der Waals surface area contributed by atoms with E-state index in [1.807, 2.05) is 0 Å². The molecule has 0 radical (unpaired) electrons. The number of thiocarbonyl (C=S) groups is 1. The Labute approximate surface area is 127 Å². The van der Waals surface area contributed by atoms with Crippen molar-refractivity contribution in [1.82, 2.24) is 4.90 Å². The molecule has 2 N–H and O–H groups in total. The van der Waals surface area contributed by atoms with Crippen LogP contribution in [0.15, 0.2) is 18.2 Å². The summed E-state index contributed by atoms with van der Waals surface area (Å²) in [4.78, 5) is 5.58. The summed E-state index contributed by atoms with van der Waals surface area (Å²) < 4.78 is 0. The van der Waals surface area contributed by atoms with E-state index in [4.69, 9.17) is 18.0 Å². The van der Waals surface area contributed by atoms with Gasteiger partial charge in [0.15, 0.2) is 0 Å². The van der Waals surface area contributed by atoms with E-state index in [2.05, 4.69) is 48.8 Å². The molecule has 20 heavy (non-hydrogen) atoms. The third kappa shape index (κ3) is 3.49. The maximum Gasteiger partial charge on any atom is 0.0768 e. The second-order valence-electron chi connectivity index (χ2n) is 5.81. The quantitative estimate of drug-likeness (QED) is 0.863. The van der Waals surface area contributed by atoms with Crippen molar-refractivity contribution in [2.24, 2.45) is 11.7 Å². The second kappa shape index (κ2) is 6.55. The Morgan fingerprint density at radius 1 is 1.25 bits per heavy atom. The lowest BCUT2D eigenvalue weighted by Gasteiger charge is -2.37. The molecule has 4 heteroatoms. The summed E-state index contributed by atoms with van der Waals surface area (Å²) in [7, 11) is 0. The minimum Gasteiger partial charge on any atom is -0.393 e. The lowest BCUT2D eigenvalue weighted by Crippen LogP contribution is -2.48. The van der Waals surface area contributed by atoms with Crippen LogP contribution in [0.25, 0.3) is 0 Å². The van der Waals surface area contributed by atoms with Gasteiger partial charge in [0.1, 0.15) is 0 Å². The summed E-state index contributed by atoms with van der Waals surface area (Å²) in [5.74, 6) is 0.303. The van der Waals surface area contributed by atoms with Crippen LogP contribution in [0.1, 0.15) is 18.1 Å². The Morgan fingerprint density at radius 2 is 1.90 bits per heavy atom. The molecule has 1 aliphatic heterocycles. The van der Waals surface area contributed by atoms with Gasteiger partial charge in [0.05, 0.1) is 4.99 Å². The molecule has 1 fully saturated rings. The number of rotatable bonds is 4. The lowest BCUT2D eigenvalue weighted by atomic mass is 10.1. The Hall–Kier alpha value is -1.13. The number of nitrogens with two attached hydrogens (primary N) is 1. The SMILES string of the molecule is Cc1cccc(N2CCN(CC(C)C(N)=S)CC2)c1C. The van der Waals surface area contributed by atoms with Gasteiger partial charge in [-0.1, -0.05) is 31.3 Å². The molecular weight excluding hydrogens is 266 g/mol. The Bertz CT molecular complexity index is 479. The van der Waals surface area contributed by atoms with Gasteiger partial charge in [-0.15, -0.1) is 0 Å². The fourth-order valence-corrected chi connectivity index (χ4v) is 2.80. The van der Waals surface area contributed by atoms with Crippen LogP contribution in [0, 0.1) is 19.8 Å². The molecule has 110 valence electrons. The van der Waals surface area contributed by atoms with Crippen molar-refractivity contribution < 1.29 is 0 Å². The number of anilines is 1. The van der Waals surface area contributed by atoms with Crippen LogP contribution in [0.3, 0.4) is 0 Å². The Morgan fingerprint density at radius 3 is 2.50 bits per heavy atom. The topological polar surface area (TPSA) is 32.5 Å². The van der Waals surface area contributed by atoms with Gasteiger partial charge < -0.3 is 10.6 Å². The summed E-state index contributed by atoms with van der Waals surface area (Å²) in [6, 6.07) is 6.56. The van der Waals surface area contributed by atoms with E-state index in [0.29, 0.717) is 10.9 Å². The van der Waals surface area contributed by atoms with Gasteiger partial charge >= 0.3 is 0 Å². The van der Waals surface area contributed by atoms with Crippen LogP contribution in [0.2, 0.25) is 0 Å². The fraction of sp³-hybridized carbons (Fsp3) is 0.562. The van der Waals surface area contributed by atoms with Crippen LogP contribution in [0.4, 0.5) is 5.69 Å². The van der Waals surface area contributed by atoms with Crippen molar-refractivity contribution in [2.45, 2.75) is 20.8 Å². The van der Waals surface area contributed by atoms with Crippen LogP contribution in [-0.4, -0.2) is 42.6 Å². The summed E-state index contributed by atoms with van der Waals surface area (Å²) >= 11 is 5.06. The highest BCUT2D eigenvalue weighted by Crippen LogP contribution is 2.23. The van der Waals surface area contributed by atoms with Crippen molar-refractivity contribution in [3.8, 4) is 0 Å². The third-order valence-electron chi connectivity index (χ3n) is 4.31. The number of benzene rings is 1. The van der Waals surface area contributed by atoms with E-state index in [0.717, 1.165) is 32.7 Å². The molecule has 1 unspecified atom stereocenters. The number of hydrogen-bond acceptors (Lipinski definition) is 3. The Balaban J connectivity index is 1.94. The van der Waals surface area contributed by atoms with Gasteiger partial charge in [-0.25, -0.2) is 0 Å². The van der Waals surface area contributed by atoms with Gasteiger partial charge in [-0.2, -0.15) is 0 Å². The van der Waals surface area contributed by atoms with Crippen molar-refractivity contribution >= 4 is 22.9 Å². The molecule has 0 saturated carbocycles. The van der Waals surface area contributed by atoms with Gasteiger partial charge in [0, 0.05) is 44.3 Å². The molecule has 1 heterocycles. The van der Waals surface area contributed by atoms with Crippen molar-refractivity contribution in [1.29, 1.82) is 0 Å². The number of piperazine rings is 1. The first kappa shape index (κ1) is 15.3. The molecule has 1 aromatic carbocycles. The highest BCUT2D eigenvalue weighted by Gasteiger charge is 2.20. The van der Waals surface area contributed by atoms with Crippen molar-refractivity contribution in [2.75, 3.05) is 37.6 Å². The smallest absolute Gasteiger partial charge is 0.0768 e. The number of nitrogens with zero attached hydrogens (tertiary/aromatic N) is 2. The number of aryl methyl sites for hydroxylation is 1. The predicted molar refractivity (Wildman–Crippen MR) is 90.5 cm³/mol. The van der Waals surface area contributed by atoms with E-state index in [-0.39, 0.29) is 0 Å². The van der Waals surface area contributed by atoms with Crippen LogP contribution >= 0.6 is 12.2 Å². The van der Waals surface area contributed by atoms with E-state index in [1.54, 1.807) is 0 Å². The average Bonchev–Trinajstić information content (AvgIpc) is 2.43. The van der Waals surface area contributed by atoms with E-state index < -0.39 is 0 Å². The summed E-state index contributed by atoms with van der Waals surface area (Å²) in [6.45, 7) is 11.8. The van der Waals surface area contributed by atoms with Crippen LogP contribution in [-0.2, 0) is 0 Å². The maximum absolute atomic E-state index is 5.70. The number of hydrogen-bond donors (Lipinski definition) is 1. The minimum atomic E-state index is 0.303. The van der Waals surface area contributed by atoms with Gasteiger partial charge in [-0.3, -0.25) is 4.90 Å². The first-order valence-corrected chi connectivity index (χ1v) is 7.72. The largest absolute Gasteiger partial charge is 0.393 e. The normalized spacial score (nSPS) is 18.1. The molecule has 0 aromatic heterocycles. The average molecular weight is 291 g/mol. The molecule has 1 aromatic rings. The molecule has 0 spiro atoms. The monoisotopic (exact) mass is 291 g/mol. The van der Waals surface area contributed by atoms with Gasteiger partial charge in [0.2, 0.25) is 0 Å². The second-order valence-corrected chi connectivity index (χ2v) is 6.28. The zero-order valence-electron chi connectivity index (χ0n) is 12.7. The molecule has 0 aliphatic carbocycles. The first-order valence-electron chi connectivity index (χ1n) is 7.32.